The predicted molar refractivity (Wildman–Crippen MR) is 89.0 cm³/mol. The van der Waals surface area contributed by atoms with Crippen LogP contribution < -0.4 is 11.0 Å². The Labute approximate surface area is 141 Å². The first-order chi connectivity index (χ1) is 12.0. The molecule has 3 N–H and O–H groups in total. The number of carbonyl (C=O) groups is 2. The van der Waals surface area contributed by atoms with Crippen LogP contribution in [0.15, 0.2) is 47.3 Å². The van der Waals surface area contributed by atoms with Gasteiger partial charge in [-0.25, -0.2) is 9.59 Å². The summed E-state index contributed by atoms with van der Waals surface area (Å²) in [5.74, 6) is -1.18. The number of esters is 1. The van der Waals surface area contributed by atoms with E-state index in [0.717, 1.165) is 0 Å². The second-order valence-electron chi connectivity index (χ2n) is 5.15. The van der Waals surface area contributed by atoms with Crippen LogP contribution >= 0.6 is 0 Å². The zero-order chi connectivity index (χ0) is 17.8. The van der Waals surface area contributed by atoms with Gasteiger partial charge in [0, 0.05) is 5.69 Å². The first-order valence-corrected chi connectivity index (χ1v) is 7.24. The number of benzene rings is 2. The number of aromatic nitrogens is 2. The van der Waals surface area contributed by atoms with Crippen LogP contribution in [0.5, 0.6) is 0 Å². The van der Waals surface area contributed by atoms with E-state index in [9.17, 15) is 14.4 Å². The van der Waals surface area contributed by atoms with Crippen molar-refractivity contribution in [2.45, 2.75) is 0 Å². The van der Waals surface area contributed by atoms with Crippen LogP contribution in [-0.4, -0.2) is 28.5 Å². The average Bonchev–Trinajstić information content (AvgIpc) is 2.99. The number of H-pyrrole nitrogens is 2. The quantitative estimate of drug-likeness (QED) is 0.622. The molecule has 0 radical (unpaired) electrons. The molecule has 3 rings (SSSR count). The van der Waals surface area contributed by atoms with Crippen molar-refractivity contribution in [3.63, 3.8) is 0 Å². The third-order valence-corrected chi connectivity index (χ3v) is 3.38. The van der Waals surface area contributed by atoms with Crippen molar-refractivity contribution in [3.05, 3.63) is 64.1 Å². The highest BCUT2D eigenvalue weighted by atomic mass is 16.5. The summed E-state index contributed by atoms with van der Waals surface area (Å²) in [6, 6.07) is 12.7. The van der Waals surface area contributed by atoms with Crippen molar-refractivity contribution < 1.29 is 14.3 Å². The summed E-state index contributed by atoms with van der Waals surface area (Å²) in [4.78, 5) is 40.1. The van der Waals surface area contributed by atoms with Gasteiger partial charge < -0.3 is 20.0 Å². The fraction of sp³-hybridized carbons (Fsp3) is 0.0588. The molecule has 8 nitrogen and oxygen atoms in total. The summed E-state index contributed by atoms with van der Waals surface area (Å²) in [6.45, 7) is -0.458. The Morgan fingerprint density at radius 2 is 1.80 bits per heavy atom. The van der Waals surface area contributed by atoms with E-state index in [1.165, 1.54) is 24.3 Å². The van der Waals surface area contributed by atoms with Crippen molar-refractivity contribution >= 4 is 28.6 Å². The second-order valence-corrected chi connectivity index (χ2v) is 5.15. The largest absolute Gasteiger partial charge is 0.452 e. The minimum atomic E-state index is -0.662. The zero-order valence-electron chi connectivity index (χ0n) is 12.8. The summed E-state index contributed by atoms with van der Waals surface area (Å²) < 4.78 is 4.93. The topological polar surface area (TPSA) is 128 Å². The lowest BCUT2D eigenvalue weighted by atomic mass is 10.1. The van der Waals surface area contributed by atoms with Gasteiger partial charge in [-0.1, -0.05) is 0 Å². The lowest BCUT2D eigenvalue weighted by Gasteiger charge is -2.07. The molecule has 0 saturated heterocycles. The lowest BCUT2D eigenvalue weighted by molar-refractivity contribution is -0.119. The number of nitrogens with zero attached hydrogens (tertiary/aromatic N) is 1. The normalized spacial score (nSPS) is 10.2. The molecular weight excluding hydrogens is 324 g/mol. The molecular formula is C17H12N4O4. The summed E-state index contributed by atoms with van der Waals surface area (Å²) in [7, 11) is 0. The number of amides is 1. The maximum atomic E-state index is 11.9. The molecule has 124 valence electrons. The highest BCUT2D eigenvalue weighted by Crippen LogP contribution is 2.14. The van der Waals surface area contributed by atoms with E-state index >= 15 is 0 Å². The Balaban J connectivity index is 1.58. The predicted octanol–water partition coefficient (Wildman–Crippen LogP) is 1.52. The van der Waals surface area contributed by atoms with Crippen molar-refractivity contribution in [2.24, 2.45) is 0 Å². The van der Waals surface area contributed by atoms with Crippen LogP contribution in [0.3, 0.4) is 0 Å². The number of nitrogens with one attached hydrogen (secondary N) is 3. The summed E-state index contributed by atoms with van der Waals surface area (Å²) >= 11 is 0. The van der Waals surface area contributed by atoms with Crippen LogP contribution in [0.4, 0.5) is 5.69 Å². The summed E-state index contributed by atoms with van der Waals surface area (Å²) in [5.41, 5.74) is 1.97. The minimum Gasteiger partial charge on any atom is -0.452 e. The van der Waals surface area contributed by atoms with E-state index in [1.54, 1.807) is 18.2 Å². The first-order valence-electron chi connectivity index (χ1n) is 7.24. The van der Waals surface area contributed by atoms with Gasteiger partial charge in [-0.2, -0.15) is 5.26 Å². The Bertz CT molecular complexity index is 1040. The molecule has 3 aromatic rings. The molecule has 0 fully saturated rings. The van der Waals surface area contributed by atoms with Crippen molar-refractivity contribution in [2.75, 3.05) is 11.9 Å². The Morgan fingerprint density at radius 1 is 1.08 bits per heavy atom. The smallest absolute Gasteiger partial charge is 0.338 e. The highest BCUT2D eigenvalue weighted by molar-refractivity contribution is 5.96. The SMILES string of the molecule is N#Cc1ccc(C(=O)OCC(=O)Nc2ccc3[nH]c(=O)[nH]c3c2)cc1. The molecule has 0 spiro atoms. The van der Waals surface area contributed by atoms with Gasteiger partial charge in [0.1, 0.15) is 0 Å². The maximum Gasteiger partial charge on any atom is 0.338 e. The standard InChI is InChI=1S/C17H12N4O4/c18-8-10-1-3-11(4-2-10)16(23)25-9-15(22)19-12-5-6-13-14(7-12)21-17(24)20-13/h1-7H,9H2,(H,19,22)(H2,20,21,24). The molecule has 1 heterocycles. The molecule has 25 heavy (non-hydrogen) atoms. The fourth-order valence-corrected chi connectivity index (χ4v) is 2.20. The number of ether oxygens (including phenoxy) is 1. The van der Waals surface area contributed by atoms with Crippen molar-refractivity contribution in [3.8, 4) is 6.07 Å². The molecule has 1 aromatic heterocycles. The van der Waals surface area contributed by atoms with E-state index < -0.39 is 18.5 Å². The second kappa shape index (κ2) is 6.72. The van der Waals surface area contributed by atoms with Gasteiger partial charge >= 0.3 is 11.7 Å². The maximum absolute atomic E-state index is 11.9. The Hall–Kier alpha value is -3.86. The third kappa shape index (κ3) is 3.73. The number of rotatable bonds is 4. The van der Waals surface area contributed by atoms with Crippen LogP contribution in [0.25, 0.3) is 11.0 Å². The molecule has 8 heteroatoms. The summed E-state index contributed by atoms with van der Waals surface area (Å²) in [6.07, 6.45) is 0. The van der Waals surface area contributed by atoms with Gasteiger partial charge in [-0.15, -0.1) is 0 Å². The molecule has 0 unspecified atom stereocenters. The van der Waals surface area contributed by atoms with E-state index in [4.69, 9.17) is 10.00 Å². The molecule has 1 amide bonds. The Morgan fingerprint density at radius 3 is 2.52 bits per heavy atom. The number of fused-ring (bicyclic) bond motifs is 1. The van der Waals surface area contributed by atoms with Gasteiger partial charge in [0.25, 0.3) is 5.91 Å². The van der Waals surface area contributed by atoms with Crippen LogP contribution in [0.2, 0.25) is 0 Å². The van der Waals surface area contributed by atoms with Crippen LogP contribution in [-0.2, 0) is 9.53 Å². The molecule has 0 aliphatic carbocycles. The fourth-order valence-electron chi connectivity index (χ4n) is 2.20. The van der Waals surface area contributed by atoms with E-state index in [-0.39, 0.29) is 11.3 Å². The van der Waals surface area contributed by atoms with Crippen LogP contribution in [0, 0.1) is 11.3 Å². The van der Waals surface area contributed by atoms with Gasteiger partial charge in [-0.3, -0.25) is 4.79 Å². The number of carbonyl (C=O) groups excluding carboxylic acids is 2. The number of anilines is 1. The third-order valence-electron chi connectivity index (χ3n) is 3.38. The number of nitriles is 1. The molecule has 0 bridgehead atoms. The molecule has 0 aliphatic rings. The molecule has 0 atom stereocenters. The monoisotopic (exact) mass is 336 g/mol. The van der Waals surface area contributed by atoms with Gasteiger partial charge in [0.05, 0.1) is 28.2 Å². The Kier molecular flexibility index (Phi) is 4.30. The van der Waals surface area contributed by atoms with Crippen LogP contribution in [0.1, 0.15) is 15.9 Å². The lowest BCUT2D eigenvalue weighted by Crippen LogP contribution is -2.20. The highest BCUT2D eigenvalue weighted by Gasteiger charge is 2.11. The van der Waals surface area contributed by atoms with Crippen molar-refractivity contribution in [1.82, 2.24) is 9.97 Å². The van der Waals surface area contributed by atoms with Gasteiger partial charge in [0.2, 0.25) is 0 Å². The zero-order valence-corrected chi connectivity index (χ0v) is 12.8. The number of imidazole rings is 1. The van der Waals surface area contributed by atoms with Gasteiger partial charge in [-0.05, 0) is 42.5 Å². The average molecular weight is 336 g/mol. The van der Waals surface area contributed by atoms with E-state index in [0.29, 0.717) is 22.3 Å². The molecule has 2 aromatic carbocycles. The van der Waals surface area contributed by atoms with Crippen molar-refractivity contribution in [1.29, 1.82) is 5.26 Å². The minimum absolute atomic E-state index is 0.248. The molecule has 0 saturated carbocycles. The van der Waals surface area contributed by atoms with E-state index in [2.05, 4.69) is 15.3 Å². The van der Waals surface area contributed by atoms with E-state index in [1.807, 2.05) is 6.07 Å². The first kappa shape index (κ1) is 16.0. The molecule has 0 aliphatic heterocycles. The number of aromatic amines is 2. The number of hydrogen-bond acceptors (Lipinski definition) is 5. The summed E-state index contributed by atoms with van der Waals surface area (Å²) in [5, 5.41) is 11.3. The van der Waals surface area contributed by atoms with Gasteiger partial charge in [0.15, 0.2) is 6.61 Å². The number of hydrogen-bond donors (Lipinski definition) is 3.